The summed E-state index contributed by atoms with van der Waals surface area (Å²) in [6, 6.07) is 6.74. The van der Waals surface area contributed by atoms with E-state index in [1.54, 1.807) is 18.2 Å². The molecule has 1 aromatic heterocycles. The van der Waals surface area contributed by atoms with Crippen LogP contribution in [0.25, 0.3) is 0 Å². The highest BCUT2D eigenvalue weighted by molar-refractivity contribution is 7.15. The number of benzene rings is 1. The van der Waals surface area contributed by atoms with E-state index in [1.807, 2.05) is 4.90 Å². The highest BCUT2D eigenvalue weighted by Crippen LogP contribution is 2.42. The molecule has 2 fully saturated rings. The molecule has 1 aliphatic carbocycles. The third-order valence-corrected chi connectivity index (χ3v) is 5.88. The number of hydrogen-bond donors (Lipinski definition) is 1. The van der Waals surface area contributed by atoms with Crippen molar-refractivity contribution in [2.75, 3.05) is 23.3 Å². The molecular formula is C17H19N5O3S. The monoisotopic (exact) mass is 373 g/mol. The number of rotatable bonds is 5. The Labute approximate surface area is 154 Å². The number of nitro benzene ring substituents is 1. The number of amides is 1. The number of anilines is 2. The summed E-state index contributed by atoms with van der Waals surface area (Å²) < 4.78 is 0. The van der Waals surface area contributed by atoms with Crippen LogP contribution in [0.1, 0.15) is 36.6 Å². The zero-order chi connectivity index (χ0) is 18.1. The molecule has 1 aliphatic heterocycles. The lowest BCUT2D eigenvalue weighted by Crippen LogP contribution is -2.38. The fraction of sp³-hybridized carbons (Fsp3) is 0.471. The van der Waals surface area contributed by atoms with E-state index < -0.39 is 0 Å². The molecule has 1 saturated heterocycles. The largest absolute Gasteiger partial charge is 0.366 e. The van der Waals surface area contributed by atoms with Gasteiger partial charge in [-0.1, -0.05) is 23.5 Å². The van der Waals surface area contributed by atoms with Crippen molar-refractivity contribution in [3.8, 4) is 0 Å². The number of hydrogen-bond acceptors (Lipinski definition) is 7. The summed E-state index contributed by atoms with van der Waals surface area (Å²) in [5.41, 5.74) is 0.728. The molecule has 8 nitrogen and oxygen atoms in total. The van der Waals surface area contributed by atoms with Crippen LogP contribution in [0.5, 0.6) is 0 Å². The predicted octanol–water partition coefficient (Wildman–Crippen LogP) is 3.18. The first-order valence-corrected chi connectivity index (χ1v) is 9.56. The van der Waals surface area contributed by atoms with Gasteiger partial charge < -0.3 is 10.2 Å². The van der Waals surface area contributed by atoms with Gasteiger partial charge >= 0.3 is 0 Å². The van der Waals surface area contributed by atoms with Gasteiger partial charge in [-0.05, 0) is 31.7 Å². The number of piperidine rings is 1. The molecule has 1 amide bonds. The van der Waals surface area contributed by atoms with E-state index in [9.17, 15) is 14.9 Å². The van der Waals surface area contributed by atoms with Gasteiger partial charge in [-0.2, -0.15) is 0 Å². The summed E-state index contributed by atoms with van der Waals surface area (Å²) in [5.74, 6) is 0.385. The van der Waals surface area contributed by atoms with E-state index in [2.05, 4.69) is 15.5 Å². The molecule has 2 aromatic rings. The van der Waals surface area contributed by atoms with Gasteiger partial charge in [0.15, 0.2) is 0 Å². The van der Waals surface area contributed by atoms with Crippen LogP contribution in [0, 0.1) is 16.0 Å². The molecule has 2 aliphatic rings. The van der Waals surface area contributed by atoms with Crippen LogP contribution in [0.15, 0.2) is 24.3 Å². The Morgan fingerprint density at radius 2 is 1.92 bits per heavy atom. The number of nitrogens with one attached hydrogen (secondary N) is 1. The number of carbonyl (C=O) groups excluding carboxylic acids is 1. The van der Waals surface area contributed by atoms with Crippen LogP contribution in [0.2, 0.25) is 0 Å². The Bertz CT molecular complexity index is 827. The average Bonchev–Trinajstić information content (AvgIpc) is 3.41. The third kappa shape index (κ3) is 3.52. The highest BCUT2D eigenvalue weighted by Gasteiger charge is 2.30. The molecule has 0 radical (unpaired) electrons. The molecule has 2 heterocycles. The Morgan fingerprint density at radius 1 is 1.19 bits per heavy atom. The maximum Gasteiger partial charge on any atom is 0.292 e. The van der Waals surface area contributed by atoms with E-state index in [0.29, 0.717) is 42.7 Å². The second kappa shape index (κ2) is 6.99. The molecule has 9 heteroatoms. The first-order valence-electron chi connectivity index (χ1n) is 8.74. The maximum absolute atomic E-state index is 12.5. The molecule has 0 bridgehead atoms. The average molecular weight is 373 g/mol. The smallest absolute Gasteiger partial charge is 0.292 e. The quantitative estimate of drug-likeness (QED) is 0.638. The van der Waals surface area contributed by atoms with Crippen molar-refractivity contribution in [2.45, 2.75) is 31.6 Å². The van der Waals surface area contributed by atoms with Crippen LogP contribution in [0.4, 0.5) is 16.5 Å². The minimum absolute atomic E-state index is 0.0364. The van der Waals surface area contributed by atoms with Gasteiger partial charge in [-0.15, -0.1) is 10.2 Å². The molecule has 4 rings (SSSR count). The lowest BCUT2D eigenvalue weighted by atomic mass is 9.95. The Hall–Kier alpha value is -2.55. The number of carbonyl (C=O) groups is 1. The second-order valence-electron chi connectivity index (χ2n) is 6.72. The molecular weight excluding hydrogens is 354 g/mol. The molecule has 1 saturated carbocycles. The summed E-state index contributed by atoms with van der Waals surface area (Å²) in [4.78, 5) is 25.3. The van der Waals surface area contributed by atoms with Crippen molar-refractivity contribution >= 4 is 33.8 Å². The fourth-order valence-electron chi connectivity index (χ4n) is 3.26. The third-order valence-electron chi connectivity index (χ3n) is 4.88. The lowest BCUT2D eigenvalue weighted by molar-refractivity contribution is -0.384. The number of aromatic nitrogens is 2. The summed E-state index contributed by atoms with van der Waals surface area (Å²) in [7, 11) is 0. The summed E-state index contributed by atoms with van der Waals surface area (Å²) in [6.45, 7) is 1.23. The summed E-state index contributed by atoms with van der Waals surface area (Å²) in [6.07, 6.45) is 3.64. The molecule has 0 unspecified atom stereocenters. The summed E-state index contributed by atoms with van der Waals surface area (Å²) in [5, 5.41) is 23.8. The van der Waals surface area contributed by atoms with Gasteiger partial charge in [0.05, 0.1) is 4.92 Å². The van der Waals surface area contributed by atoms with Crippen molar-refractivity contribution < 1.29 is 9.72 Å². The molecule has 0 atom stereocenters. The van der Waals surface area contributed by atoms with Gasteiger partial charge in [0.2, 0.25) is 11.0 Å². The van der Waals surface area contributed by atoms with E-state index in [0.717, 1.165) is 17.8 Å². The van der Waals surface area contributed by atoms with Gasteiger partial charge in [0.1, 0.15) is 10.7 Å². The van der Waals surface area contributed by atoms with Gasteiger partial charge in [0, 0.05) is 31.0 Å². The topological polar surface area (TPSA) is 101 Å². The number of para-hydroxylation sites is 2. The Balaban J connectivity index is 1.35. The molecule has 136 valence electrons. The first-order chi connectivity index (χ1) is 12.6. The predicted molar refractivity (Wildman–Crippen MR) is 98.5 cm³/mol. The van der Waals surface area contributed by atoms with Crippen LogP contribution in [0.3, 0.4) is 0 Å². The minimum Gasteiger partial charge on any atom is -0.366 e. The number of nitrogens with zero attached hydrogens (tertiary/aromatic N) is 4. The minimum atomic E-state index is -0.360. The van der Waals surface area contributed by atoms with Crippen molar-refractivity contribution in [3.05, 3.63) is 39.4 Å². The van der Waals surface area contributed by atoms with Crippen LogP contribution >= 0.6 is 11.3 Å². The van der Waals surface area contributed by atoms with Crippen LogP contribution in [-0.4, -0.2) is 34.1 Å². The maximum atomic E-state index is 12.5. The molecule has 1 aromatic carbocycles. The molecule has 1 N–H and O–H groups in total. The van der Waals surface area contributed by atoms with E-state index in [-0.39, 0.29) is 22.4 Å². The van der Waals surface area contributed by atoms with Crippen LogP contribution in [-0.2, 0) is 4.79 Å². The van der Waals surface area contributed by atoms with Crippen LogP contribution < -0.4 is 10.2 Å². The zero-order valence-corrected chi connectivity index (χ0v) is 14.9. The second-order valence-corrected chi connectivity index (χ2v) is 7.73. The highest BCUT2D eigenvalue weighted by atomic mass is 32.1. The van der Waals surface area contributed by atoms with Crippen molar-refractivity contribution in [1.29, 1.82) is 0 Å². The van der Waals surface area contributed by atoms with Gasteiger partial charge in [-0.3, -0.25) is 14.9 Å². The van der Waals surface area contributed by atoms with Crippen molar-refractivity contribution in [1.82, 2.24) is 10.2 Å². The van der Waals surface area contributed by atoms with E-state index in [4.69, 9.17) is 0 Å². The van der Waals surface area contributed by atoms with E-state index in [1.165, 1.54) is 17.4 Å². The fourth-order valence-corrected chi connectivity index (χ4v) is 4.17. The number of nitro groups is 1. The van der Waals surface area contributed by atoms with Crippen molar-refractivity contribution in [2.24, 2.45) is 5.92 Å². The SMILES string of the molecule is O=C(Nc1nnc(C2CC2)s1)C1CCN(c2ccccc2[N+](=O)[O-])CC1. The Kier molecular flexibility index (Phi) is 4.54. The van der Waals surface area contributed by atoms with E-state index >= 15 is 0 Å². The Morgan fingerprint density at radius 3 is 2.62 bits per heavy atom. The molecule has 0 spiro atoms. The first kappa shape index (κ1) is 16.9. The summed E-state index contributed by atoms with van der Waals surface area (Å²) >= 11 is 1.46. The molecule has 26 heavy (non-hydrogen) atoms. The standard InChI is InChI=1S/C17H19N5O3S/c23-15(18-17-20-19-16(26-17)12-5-6-12)11-7-9-21(10-8-11)13-3-1-2-4-14(13)22(24)25/h1-4,11-12H,5-10H2,(H,18,20,23). The lowest BCUT2D eigenvalue weighted by Gasteiger charge is -2.32. The van der Waals surface area contributed by atoms with Gasteiger partial charge in [0.25, 0.3) is 5.69 Å². The van der Waals surface area contributed by atoms with Crippen molar-refractivity contribution in [3.63, 3.8) is 0 Å². The van der Waals surface area contributed by atoms with Gasteiger partial charge in [-0.25, -0.2) is 0 Å². The zero-order valence-electron chi connectivity index (χ0n) is 14.1. The normalized spacial score (nSPS) is 17.9.